The summed E-state index contributed by atoms with van der Waals surface area (Å²) in [6, 6.07) is 13.5. The van der Waals surface area contributed by atoms with Crippen molar-refractivity contribution >= 4 is 0 Å². The van der Waals surface area contributed by atoms with Crippen molar-refractivity contribution < 1.29 is 22.6 Å². The van der Waals surface area contributed by atoms with Crippen LogP contribution in [0.2, 0.25) is 0 Å². The maximum atomic E-state index is 12.1. The van der Waals surface area contributed by atoms with Crippen LogP contribution in [0.1, 0.15) is 24.1 Å². The smallest absolute Gasteiger partial charge is 0.497 e. The van der Waals surface area contributed by atoms with Crippen molar-refractivity contribution in [3.8, 4) is 11.5 Å². The second kappa shape index (κ2) is 7.37. The predicted molar refractivity (Wildman–Crippen MR) is 81.4 cm³/mol. The molecule has 1 atom stereocenters. The molecule has 1 unspecified atom stereocenters. The molecule has 0 amide bonds. The standard InChI is InChI=1S/C17H18F3NO2/c1-12(21-11-13-3-7-15(22-2)8-4-13)14-5-9-16(10-6-14)23-17(18,19)20/h3-10,12,21H,11H2,1-2H3. The molecule has 0 radical (unpaired) electrons. The summed E-state index contributed by atoms with van der Waals surface area (Å²) < 4.78 is 45.3. The molecule has 0 bridgehead atoms. The lowest BCUT2D eigenvalue weighted by molar-refractivity contribution is -0.274. The third-order valence-corrected chi connectivity index (χ3v) is 3.39. The number of ether oxygens (including phenoxy) is 2. The van der Waals surface area contributed by atoms with Crippen molar-refractivity contribution in [2.24, 2.45) is 0 Å². The van der Waals surface area contributed by atoms with Gasteiger partial charge < -0.3 is 14.8 Å². The van der Waals surface area contributed by atoms with E-state index in [0.29, 0.717) is 6.54 Å². The normalized spacial score (nSPS) is 12.7. The summed E-state index contributed by atoms with van der Waals surface area (Å²) in [7, 11) is 1.61. The van der Waals surface area contributed by atoms with Crippen molar-refractivity contribution in [3.63, 3.8) is 0 Å². The van der Waals surface area contributed by atoms with Crippen LogP contribution < -0.4 is 14.8 Å². The van der Waals surface area contributed by atoms with Gasteiger partial charge in [-0.05, 0) is 42.3 Å². The Bertz CT molecular complexity index is 609. The van der Waals surface area contributed by atoms with Gasteiger partial charge in [0.05, 0.1) is 7.11 Å². The molecular weight excluding hydrogens is 307 g/mol. The van der Waals surface area contributed by atoms with E-state index in [9.17, 15) is 13.2 Å². The van der Waals surface area contributed by atoms with Crippen LogP contribution in [-0.2, 0) is 6.54 Å². The summed E-state index contributed by atoms with van der Waals surface area (Å²) in [5.74, 6) is 0.575. The van der Waals surface area contributed by atoms with Crippen LogP contribution in [0.25, 0.3) is 0 Å². The van der Waals surface area contributed by atoms with E-state index in [2.05, 4.69) is 10.1 Å². The van der Waals surface area contributed by atoms with E-state index in [4.69, 9.17) is 4.74 Å². The van der Waals surface area contributed by atoms with Crippen LogP contribution in [0.15, 0.2) is 48.5 Å². The highest BCUT2D eigenvalue weighted by Crippen LogP contribution is 2.24. The first kappa shape index (κ1) is 17.1. The van der Waals surface area contributed by atoms with Crippen LogP contribution in [0.4, 0.5) is 13.2 Å². The molecule has 2 aromatic carbocycles. The van der Waals surface area contributed by atoms with E-state index in [1.165, 1.54) is 12.1 Å². The molecule has 3 nitrogen and oxygen atoms in total. The summed E-state index contributed by atoms with van der Waals surface area (Å²) in [5.41, 5.74) is 1.97. The van der Waals surface area contributed by atoms with Crippen LogP contribution in [0, 0.1) is 0 Å². The minimum absolute atomic E-state index is 0.00274. The lowest BCUT2D eigenvalue weighted by Crippen LogP contribution is -2.19. The van der Waals surface area contributed by atoms with Gasteiger partial charge >= 0.3 is 6.36 Å². The van der Waals surface area contributed by atoms with Crippen LogP contribution in [-0.4, -0.2) is 13.5 Å². The van der Waals surface area contributed by atoms with Gasteiger partial charge in [0.1, 0.15) is 11.5 Å². The lowest BCUT2D eigenvalue weighted by Gasteiger charge is -2.15. The van der Waals surface area contributed by atoms with Crippen molar-refractivity contribution in [2.75, 3.05) is 7.11 Å². The van der Waals surface area contributed by atoms with Gasteiger partial charge in [0, 0.05) is 12.6 Å². The molecule has 0 spiro atoms. The first-order chi connectivity index (χ1) is 10.9. The zero-order valence-corrected chi connectivity index (χ0v) is 12.9. The summed E-state index contributed by atoms with van der Waals surface area (Å²) in [5, 5.41) is 3.32. The number of nitrogens with one attached hydrogen (secondary N) is 1. The maximum absolute atomic E-state index is 12.1. The van der Waals surface area contributed by atoms with Gasteiger partial charge in [-0.25, -0.2) is 0 Å². The monoisotopic (exact) mass is 325 g/mol. The number of alkyl halides is 3. The summed E-state index contributed by atoms with van der Waals surface area (Å²) >= 11 is 0. The Balaban J connectivity index is 1.90. The molecule has 1 N–H and O–H groups in total. The topological polar surface area (TPSA) is 30.5 Å². The molecule has 2 aromatic rings. The Labute approximate surface area is 133 Å². The Kier molecular flexibility index (Phi) is 5.50. The number of halogens is 3. The first-order valence-corrected chi connectivity index (χ1v) is 7.09. The third kappa shape index (κ3) is 5.49. The highest BCUT2D eigenvalue weighted by Gasteiger charge is 2.30. The van der Waals surface area contributed by atoms with Gasteiger partial charge in [-0.3, -0.25) is 0 Å². The number of rotatable bonds is 6. The van der Waals surface area contributed by atoms with Gasteiger partial charge in [-0.15, -0.1) is 13.2 Å². The Morgan fingerprint density at radius 1 is 0.957 bits per heavy atom. The molecule has 0 aromatic heterocycles. The minimum Gasteiger partial charge on any atom is -0.497 e. The molecule has 2 rings (SSSR count). The Morgan fingerprint density at radius 3 is 2.04 bits per heavy atom. The van der Waals surface area contributed by atoms with E-state index in [1.807, 2.05) is 31.2 Å². The lowest BCUT2D eigenvalue weighted by atomic mass is 10.1. The van der Waals surface area contributed by atoms with Gasteiger partial charge in [0.25, 0.3) is 0 Å². The average molecular weight is 325 g/mol. The zero-order valence-electron chi connectivity index (χ0n) is 12.9. The molecule has 0 heterocycles. The summed E-state index contributed by atoms with van der Waals surface area (Å²) in [6.45, 7) is 2.59. The Hall–Kier alpha value is -2.21. The van der Waals surface area contributed by atoms with E-state index >= 15 is 0 Å². The van der Waals surface area contributed by atoms with Gasteiger partial charge in [0.2, 0.25) is 0 Å². The van der Waals surface area contributed by atoms with Gasteiger partial charge in [0.15, 0.2) is 0 Å². The second-order valence-electron chi connectivity index (χ2n) is 5.07. The molecule has 0 saturated heterocycles. The predicted octanol–water partition coefficient (Wildman–Crippen LogP) is 4.44. The molecule has 0 aliphatic carbocycles. The van der Waals surface area contributed by atoms with Crippen LogP contribution in [0.3, 0.4) is 0 Å². The molecule has 124 valence electrons. The van der Waals surface area contributed by atoms with Gasteiger partial charge in [-0.2, -0.15) is 0 Å². The van der Waals surface area contributed by atoms with Gasteiger partial charge in [-0.1, -0.05) is 24.3 Å². The fourth-order valence-corrected chi connectivity index (χ4v) is 2.09. The second-order valence-corrected chi connectivity index (χ2v) is 5.07. The highest BCUT2D eigenvalue weighted by molar-refractivity contribution is 5.30. The Morgan fingerprint density at radius 2 is 1.52 bits per heavy atom. The molecule has 23 heavy (non-hydrogen) atoms. The molecule has 0 saturated carbocycles. The highest BCUT2D eigenvalue weighted by atomic mass is 19.4. The quantitative estimate of drug-likeness (QED) is 0.851. The fourth-order valence-electron chi connectivity index (χ4n) is 2.09. The molecule has 0 aliphatic rings. The van der Waals surface area contributed by atoms with E-state index in [-0.39, 0.29) is 11.8 Å². The van der Waals surface area contributed by atoms with E-state index < -0.39 is 6.36 Å². The maximum Gasteiger partial charge on any atom is 0.573 e. The van der Waals surface area contributed by atoms with Crippen molar-refractivity contribution in [3.05, 3.63) is 59.7 Å². The average Bonchev–Trinajstić information content (AvgIpc) is 2.52. The number of hydrogen-bond donors (Lipinski definition) is 1. The zero-order chi connectivity index (χ0) is 16.9. The fraction of sp³-hybridized carbons (Fsp3) is 0.294. The molecule has 6 heteroatoms. The SMILES string of the molecule is COc1ccc(CNC(C)c2ccc(OC(F)(F)F)cc2)cc1. The van der Waals surface area contributed by atoms with Crippen molar-refractivity contribution in [1.29, 1.82) is 0 Å². The molecule has 0 fully saturated rings. The largest absolute Gasteiger partial charge is 0.573 e. The van der Waals surface area contributed by atoms with E-state index in [0.717, 1.165) is 16.9 Å². The molecular formula is C17H18F3NO2. The number of methoxy groups -OCH3 is 1. The van der Waals surface area contributed by atoms with Crippen molar-refractivity contribution in [1.82, 2.24) is 5.32 Å². The van der Waals surface area contributed by atoms with E-state index in [1.54, 1.807) is 19.2 Å². The minimum atomic E-state index is -4.67. The van der Waals surface area contributed by atoms with Crippen LogP contribution >= 0.6 is 0 Å². The first-order valence-electron chi connectivity index (χ1n) is 7.09. The summed E-state index contributed by atoms with van der Waals surface area (Å²) in [4.78, 5) is 0. The van der Waals surface area contributed by atoms with Crippen LogP contribution in [0.5, 0.6) is 11.5 Å². The number of benzene rings is 2. The molecule has 0 aliphatic heterocycles. The number of hydrogen-bond acceptors (Lipinski definition) is 3. The summed E-state index contributed by atoms with van der Waals surface area (Å²) in [6.07, 6.45) is -4.67. The van der Waals surface area contributed by atoms with Crippen molar-refractivity contribution in [2.45, 2.75) is 25.9 Å². The third-order valence-electron chi connectivity index (χ3n) is 3.39.